The molecule has 3 nitrogen and oxygen atoms in total. The van der Waals surface area contributed by atoms with Crippen molar-refractivity contribution >= 4 is 5.97 Å². The van der Waals surface area contributed by atoms with E-state index in [9.17, 15) is 9.28 Å². The Hall–Kier alpha value is -1.42. The van der Waals surface area contributed by atoms with Gasteiger partial charge in [0.25, 0.3) is 0 Å². The number of nitrogens with zero attached hydrogens (tertiary/aromatic N) is 1. The fourth-order valence-electron chi connectivity index (χ4n) is 2.44. The maximum absolute atomic E-state index is 13.5. The summed E-state index contributed by atoms with van der Waals surface area (Å²) in [6.45, 7) is 4.46. The van der Waals surface area contributed by atoms with E-state index in [0.717, 1.165) is 30.7 Å². The molecule has 130 valence electrons. The Morgan fingerprint density at radius 1 is 1.04 bits per heavy atom. The van der Waals surface area contributed by atoms with Crippen molar-refractivity contribution in [3.05, 3.63) is 35.9 Å². The van der Waals surface area contributed by atoms with Crippen LogP contribution in [-0.4, -0.2) is 11.3 Å². The third-order valence-electron chi connectivity index (χ3n) is 3.76. The molecule has 0 unspecified atom stereocenters. The number of halogens is 1. The highest BCUT2D eigenvalue weighted by molar-refractivity contribution is 5.68. The average molecular weight is 323 g/mol. The van der Waals surface area contributed by atoms with Gasteiger partial charge >= 0.3 is 5.97 Å². The molecule has 0 aromatic heterocycles. The van der Waals surface area contributed by atoms with Crippen molar-refractivity contribution in [3.8, 4) is 0 Å². The minimum Gasteiger partial charge on any atom is -0.338 e. The molecule has 1 rings (SSSR count). The predicted octanol–water partition coefficient (Wildman–Crippen LogP) is 5.61. The third-order valence-corrected chi connectivity index (χ3v) is 3.76. The number of rotatable bonds is 12. The van der Waals surface area contributed by atoms with Gasteiger partial charge < -0.3 is 4.84 Å². The van der Waals surface area contributed by atoms with Crippen LogP contribution in [0.1, 0.15) is 70.8 Å². The first-order valence-corrected chi connectivity index (χ1v) is 8.76. The van der Waals surface area contributed by atoms with E-state index in [-0.39, 0.29) is 18.3 Å². The van der Waals surface area contributed by atoms with Crippen molar-refractivity contribution in [2.24, 2.45) is 5.92 Å². The third kappa shape index (κ3) is 10.9. The molecule has 0 bridgehead atoms. The highest BCUT2D eigenvalue weighted by Gasteiger charge is 2.11. The zero-order chi connectivity index (χ0) is 16.9. The van der Waals surface area contributed by atoms with Crippen LogP contribution in [0.2, 0.25) is 0 Å². The van der Waals surface area contributed by atoms with E-state index < -0.39 is 5.97 Å². The van der Waals surface area contributed by atoms with Crippen LogP contribution in [0.5, 0.6) is 0 Å². The van der Waals surface area contributed by atoms with Gasteiger partial charge in [0.15, 0.2) is 0 Å². The van der Waals surface area contributed by atoms with E-state index in [0.29, 0.717) is 0 Å². The van der Waals surface area contributed by atoms with Crippen LogP contribution in [-0.2, 0) is 16.2 Å². The van der Waals surface area contributed by atoms with Gasteiger partial charge in [-0.1, -0.05) is 87.2 Å². The van der Waals surface area contributed by atoms with Crippen molar-refractivity contribution in [1.82, 2.24) is 5.29 Å². The molecule has 0 saturated heterocycles. The molecule has 0 spiro atoms. The zero-order valence-corrected chi connectivity index (χ0v) is 14.5. The van der Waals surface area contributed by atoms with Gasteiger partial charge in [0.2, 0.25) is 0 Å². The molecule has 0 atom stereocenters. The number of hydroxylamine groups is 1. The maximum atomic E-state index is 13.5. The normalized spacial score (nSPS) is 11.2. The van der Waals surface area contributed by atoms with Gasteiger partial charge in [-0.15, -0.1) is 0 Å². The molecule has 0 aliphatic heterocycles. The van der Waals surface area contributed by atoms with Gasteiger partial charge in [-0.2, -0.15) is 0 Å². The van der Waals surface area contributed by atoms with Crippen molar-refractivity contribution in [2.45, 2.75) is 71.8 Å². The fraction of sp³-hybridized carbons (Fsp3) is 0.632. The standard InChI is InChI=1S/C19H30FNO2/c1-17(2)12-8-5-3-4-6-11-15-19(22)23-21(20)16-18-13-9-7-10-14-18/h7,9-10,13-14,17H,3-6,8,11-12,15-16H2,1-2H3. The Morgan fingerprint density at radius 3 is 2.30 bits per heavy atom. The summed E-state index contributed by atoms with van der Waals surface area (Å²) >= 11 is 0. The Morgan fingerprint density at radius 2 is 1.65 bits per heavy atom. The number of benzene rings is 1. The molecule has 1 aromatic carbocycles. The van der Waals surface area contributed by atoms with Gasteiger partial charge in [-0.3, -0.25) is 4.79 Å². The Balaban J connectivity index is 1.99. The van der Waals surface area contributed by atoms with Crippen LogP contribution in [0.25, 0.3) is 0 Å². The first kappa shape index (κ1) is 19.6. The molecule has 0 aliphatic carbocycles. The first-order valence-electron chi connectivity index (χ1n) is 8.76. The van der Waals surface area contributed by atoms with E-state index in [1.807, 2.05) is 18.2 Å². The Bertz CT molecular complexity index is 423. The average Bonchev–Trinajstić information content (AvgIpc) is 2.50. The second-order valence-electron chi connectivity index (χ2n) is 6.48. The molecule has 0 saturated carbocycles. The summed E-state index contributed by atoms with van der Waals surface area (Å²) in [5.74, 6) is 0.285. The van der Waals surface area contributed by atoms with Crippen LogP contribution in [0.3, 0.4) is 0 Å². The van der Waals surface area contributed by atoms with E-state index in [4.69, 9.17) is 0 Å². The molecule has 0 N–H and O–H groups in total. The lowest BCUT2D eigenvalue weighted by molar-refractivity contribution is -0.269. The lowest BCUT2D eigenvalue weighted by Gasteiger charge is -2.11. The number of unbranched alkanes of at least 4 members (excludes halogenated alkanes) is 5. The van der Waals surface area contributed by atoms with Crippen LogP contribution >= 0.6 is 0 Å². The monoisotopic (exact) mass is 323 g/mol. The molecule has 1 aromatic rings. The van der Waals surface area contributed by atoms with Crippen molar-refractivity contribution < 1.29 is 14.1 Å². The number of hydrogen-bond donors (Lipinski definition) is 0. The molecule has 4 heteroatoms. The summed E-state index contributed by atoms with van der Waals surface area (Å²) in [6.07, 6.45) is 8.24. The lowest BCUT2D eigenvalue weighted by Crippen LogP contribution is -2.19. The molecule has 0 fully saturated rings. The Kier molecular flexibility index (Phi) is 10.3. The highest BCUT2D eigenvalue weighted by atomic mass is 19.2. The summed E-state index contributed by atoms with van der Waals surface area (Å²) in [6, 6.07) is 9.10. The summed E-state index contributed by atoms with van der Waals surface area (Å²) in [4.78, 5) is 16.2. The lowest BCUT2D eigenvalue weighted by atomic mass is 10.0. The minimum atomic E-state index is -0.497. The maximum Gasteiger partial charge on any atom is 0.328 e. The van der Waals surface area contributed by atoms with Crippen molar-refractivity contribution in [1.29, 1.82) is 0 Å². The molecule has 23 heavy (non-hydrogen) atoms. The van der Waals surface area contributed by atoms with E-state index in [1.165, 1.54) is 25.7 Å². The molecular weight excluding hydrogens is 293 g/mol. The smallest absolute Gasteiger partial charge is 0.328 e. The van der Waals surface area contributed by atoms with Gasteiger partial charge in [0.05, 0.1) is 6.54 Å². The Labute approximate surface area is 139 Å². The SMILES string of the molecule is CC(C)CCCCCCCCC(=O)ON(F)Cc1ccccc1. The van der Waals surface area contributed by atoms with Crippen LogP contribution in [0.15, 0.2) is 30.3 Å². The minimum absolute atomic E-state index is 0.0393. The summed E-state index contributed by atoms with van der Waals surface area (Å²) in [5.41, 5.74) is 0.768. The van der Waals surface area contributed by atoms with E-state index in [2.05, 4.69) is 18.7 Å². The van der Waals surface area contributed by atoms with Gasteiger partial charge in [-0.25, -0.2) is 0 Å². The summed E-state index contributed by atoms with van der Waals surface area (Å²) in [5, 5.41) is 0.115. The molecule has 0 heterocycles. The zero-order valence-electron chi connectivity index (χ0n) is 14.5. The van der Waals surface area contributed by atoms with Crippen molar-refractivity contribution in [2.75, 3.05) is 0 Å². The number of carbonyl (C=O) groups excluding carboxylic acids is 1. The summed E-state index contributed by atoms with van der Waals surface area (Å²) in [7, 11) is 0. The molecule has 0 amide bonds. The second-order valence-corrected chi connectivity index (χ2v) is 6.48. The van der Waals surface area contributed by atoms with Crippen LogP contribution < -0.4 is 0 Å². The first-order chi connectivity index (χ1) is 11.1. The number of hydrogen-bond acceptors (Lipinski definition) is 3. The second kappa shape index (κ2) is 12.1. The van der Waals surface area contributed by atoms with Gasteiger partial charge in [-0.05, 0) is 17.9 Å². The fourth-order valence-corrected chi connectivity index (χ4v) is 2.44. The topological polar surface area (TPSA) is 29.5 Å². The summed E-state index contributed by atoms with van der Waals surface area (Å²) < 4.78 is 13.5. The van der Waals surface area contributed by atoms with Crippen LogP contribution in [0.4, 0.5) is 4.48 Å². The highest BCUT2D eigenvalue weighted by Crippen LogP contribution is 2.13. The largest absolute Gasteiger partial charge is 0.338 e. The molecule has 0 aliphatic rings. The van der Waals surface area contributed by atoms with Crippen molar-refractivity contribution in [3.63, 3.8) is 0 Å². The van der Waals surface area contributed by atoms with Gasteiger partial charge in [0, 0.05) is 11.7 Å². The quantitative estimate of drug-likeness (QED) is 0.284. The van der Waals surface area contributed by atoms with Crippen LogP contribution in [0, 0.1) is 5.92 Å². The van der Waals surface area contributed by atoms with E-state index in [1.54, 1.807) is 12.1 Å². The molecular formula is C19H30FNO2. The van der Waals surface area contributed by atoms with E-state index >= 15 is 0 Å². The van der Waals surface area contributed by atoms with Gasteiger partial charge in [0.1, 0.15) is 0 Å². The predicted molar refractivity (Wildman–Crippen MR) is 91.0 cm³/mol. The number of carbonyl (C=O) groups is 1. The molecule has 0 radical (unpaired) electrons.